The van der Waals surface area contributed by atoms with E-state index in [1.807, 2.05) is 0 Å². The first-order valence-electron chi connectivity index (χ1n) is 9.45. The molecule has 1 aliphatic rings. The van der Waals surface area contributed by atoms with Gasteiger partial charge in [-0.25, -0.2) is 0 Å². The minimum Gasteiger partial charge on any atom is -0.497 e. The molecule has 0 radical (unpaired) electrons. The number of amides is 1. The van der Waals surface area contributed by atoms with Gasteiger partial charge in [0.05, 0.1) is 24.9 Å². The van der Waals surface area contributed by atoms with Crippen LogP contribution in [0.2, 0.25) is 0 Å². The number of nitrogens with one attached hydrogen (secondary N) is 1. The molecule has 3 N–H and O–H groups in total. The maximum absolute atomic E-state index is 13.0. The van der Waals surface area contributed by atoms with Gasteiger partial charge in [0.25, 0.3) is 5.91 Å². The highest BCUT2D eigenvalue weighted by Gasteiger charge is 2.22. The Balaban J connectivity index is 1.78. The molecule has 0 atom stereocenters. The van der Waals surface area contributed by atoms with E-state index < -0.39 is 0 Å². The fraction of sp³-hybridized carbons (Fsp3) is 0.500. The van der Waals surface area contributed by atoms with Gasteiger partial charge in [-0.1, -0.05) is 6.42 Å². The molecule has 0 aliphatic heterocycles. The molecule has 1 aromatic carbocycles. The van der Waals surface area contributed by atoms with E-state index in [0.29, 0.717) is 36.8 Å². The lowest BCUT2D eigenvalue weighted by atomic mass is 10.1. The SMILES string of the molecule is COc1ccc(C(=O)N(C)Cc2n[nH]c3c2CCCCC3)c(OCCN)c1. The summed E-state index contributed by atoms with van der Waals surface area (Å²) in [6, 6.07) is 5.21. The molecule has 2 aromatic rings. The number of fused-ring (bicyclic) bond motifs is 1. The number of aromatic nitrogens is 2. The molecule has 27 heavy (non-hydrogen) atoms. The van der Waals surface area contributed by atoms with Crippen LogP contribution >= 0.6 is 0 Å². The van der Waals surface area contributed by atoms with Crippen molar-refractivity contribution >= 4 is 5.91 Å². The molecular weight excluding hydrogens is 344 g/mol. The van der Waals surface area contributed by atoms with Crippen LogP contribution in [-0.4, -0.2) is 48.3 Å². The Kier molecular flexibility index (Phi) is 6.34. The average Bonchev–Trinajstić information content (AvgIpc) is 2.91. The van der Waals surface area contributed by atoms with Gasteiger partial charge in [0.1, 0.15) is 18.1 Å². The molecule has 146 valence electrons. The van der Waals surface area contributed by atoms with Crippen molar-refractivity contribution < 1.29 is 14.3 Å². The maximum atomic E-state index is 13.0. The van der Waals surface area contributed by atoms with Gasteiger partial charge < -0.3 is 20.1 Å². The number of rotatable bonds is 7. The summed E-state index contributed by atoms with van der Waals surface area (Å²) in [6.07, 6.45) is 5.67. The van der Waals surface area contributed by atoms with Crippen molar-refractivity contribution in [1.29, 1.82) is 0 Å². The summed E-state index contributed by atoms with van der Waals surface area (Å²) in [6.45, 7) is 1.18. The van der Waals surface area contributed by atoms with Gasteiger partial charge in [-0.3, -0.25) is 9.89 Å². The van der Waals surface area contributed by atoms with Crippen molar-refractivity contribution in [2.24, 2.45) is 5.73 Å². The largest absolute Gasteiger partial charge is 0.497 e. The van der Waals surface area contributed by atoms with E-state index in [4.69, 9.17) is 15.2 Å². The van der Waals surface area contributed by atoms with E-state index in [0.717, 1.165) is 18.5 Å². The third kappa shape index (κ3) is 4.42. The molecule has 0 unspecified atom stereocenters. The number of aromatic amines is 1. The third-order valence-corrected chi connectivity index (χ3v) is 4.92. The zero-order valence-electron chi connectivity index (χ0n) is 16.1. The van der Waals surface area contributed by atoms with Gasteiger partial charge in [0.2, 0.25) is 0 Å². The number of ether oxygens (including phenoxy) is 2. The molecule has 0 bridgehead atoms. The Morgan fingerprint density at radius 3 is 2.89 bits per heavy atom. The van der Waals surface area contributed by atoms with E-state index in [9.17, 15) is 4.79 Å². The molecule has 0 saturated heterocycles. The predicted molar refractivity (Wildman–Crippen MR) is 103 cm³/mol. The number of methoxy groups -OCH3 is 1. The van der Waals surface area contributed by atoms with Crippen LogP contribution in [0.5, 0.6) is 11.5 Å². The summed E-state index contributed by atoms with van der Waals surface area (Å²) < 4.78 is 10.9. The first kappa shape index (κ1) is 19.2. The maximum Gasteiger partial charge on any atom is 0.257 e. The third-order valence-electron chi connectivity index (χ3n) is 4.92. The van der Waals surface area contributed by atoms with Gasteiger partial charge >= 0.3 is 0 Å². The zero-order valence-corrected chi connectivity index (χ0v) is 16.1. The minimum atomic E-state index is -0.116. The molecule has 0 fully saturated rings. The number of H-pyrrole nitrogens is 1. The van der Waals surface area contributed by atoms with Crippen molar-refractivity contribution in [2.45, 2.75) is 38.6 Å². The Bertz CT molecular complexity index is 788. The predicted octanol–water partition coefficient (Wildman–Crippen LogP) is 2.30. The number of carbonyl (C=O) groups is 1. The number of aryl methyl sites for hydroxylation is 1. The number of hydrogen-bond donors (Lipinski definition) is 2. The standard InChI is InChI=1S/C20H28N4O3/c1-24(13-18-15-6-4-3-5-7-17(15)22-23-18)20(25)16-9-8-14(26-2)12-19(16)27-11-10-21/h8-9,12H,3-7,10-11,13,21H2,1-2H3,(H,22,23). The first-order chi connectivity index (χ1) is 13.1. The molecule has 7 nitrogen and oxygen atoms in total. The van der Waals surface area contributed by atoms with Gasteiger partial charge in [0.15, 0.2) is 0 Å². The second-order valence-corrected chi connectivity index (χ2v) is 6.85. The number of carbonyl (C=O) groups excluding carboxylic acids is 1. The van der Waals surface area contributed by atoms with Gasteiger partial charge in [-0.15, -0.1) is 0 Å². The summed E-state index contributed by atoms with van der Waals surface area (Å²) in [5.41, 5.74) is 9.49. The Morgan fingerprint density at radius 2 is 2.11 bits per heavy atom. The molecule has 1 amide bonds. The molecule has 1 heterocycles. The normalized spacial score (nSPS) is 13.6. The fourth-order valence-corrected chi connectivity index (χ4v) is 3.45. The van der Waals surface area contributed by atoms with Crippen molar-refractivity contribution in [3.63, 3.8) is 0 Å². The molecule has 1 aliphatic carbocycles. The minimum absolute atomic E-state index is 0.116. The molecular formula is C20H28N4O3. The van der Waals surface area contributed by atoms with E-state index in [2.05, 4.69) is 10.2 Å². The average molecular weight is 372 g/mol. The molecule has 0 spiro atoms. The van der Waals surface area contributed by atoms with Crippen LogP contribution < -0.4 is 15.2 Å². The topological polar surface area (TPSA) is 93.5 Å². The van der Waals surface area contributed by atoms with Crippen LogP contribution in [0.4, 0.5) is 0 Å². The number of hydrogen-bond acceptors (Lipinski definition) is 5. The lowest BCUT2D eigenvalue weighted by molar-refractivity contribution is 0.0778. The number of nitrogens with zero attached hydrogens (tertiary/aromatic N) is 2. The van der Waals surface area contributed by atoms with Crippen molar-refractivity contribution in [1.82, 2.24) is 15.1 Å². The van der Waals surface area contributed by atoms with Gasteiger partial charge in [-0.2, -0.15) is 5.10 Å². The lowest BCUT2D eigenvalue weighted by Crippen LogP contribution is -2.27. The number of benzene rings is 1. The summed E-state index contributed by atoms with van der Waals surface area (Å²) >= 11 is 0. The molecule has 7 heteroatoms. The van der Waals surface area contributed by atoms with Crippen molar-refractivity contribution in [3.05, 3.63) is 40.7 Å². The fourth-order valence-electron chi connectivity index (χ4n) is 3.45. The second kappa shape index (κ2) is 8.90. The van der Waals surface area contributed by atoms with Crippen LogP contribution in [0.15, 0.2) is 18.2 Å². The highest BCUT2D eigenvalue weighted by atomic mass is 16.5. The Labute approximate surface area is 159 Å². The summed E-state index contributed by atoms with van der Waals surface area (Å²) in [4.78, 5) is 14.7. The number of nitrogens with two attached hydrogens (primary N) is 1. The molecule has 0 saturated carbocycles. The highest BCUT2D eigenvalue weighted by Crippen LogP contribution is 2.27. The first-order valence-corrected chi connectivity index (χ1v) is 9.45. The van der Waals surface area contributed by atoms with Gasteiger partial charge in [0, 0.05) is 25.4 Å². The van der Waals surface area contributed by atoms with E-state index in [1.54, 1.807) is 37.3 Å². The van der Waals surface area contributed by atoms with Crippen LogP contribution in [0, 0.1) is 0 Å². The van der Waals surface area contributed by atoms with Gasteiger partial charge in [-0.05, 0) is 43.4 Å². The zero-order chi connectivity index (χ0) is 19.2. The smallest absolute Gasteiger partial charge is 0.257 e. The quantitative estimate of drug-likeness (QED) is 0.728. The van der Waals surface area contributed by atoms with Crippen LogP contribution in [-0.2, 0) is 19.4 Å². The Morgan fingerprint density at radius 1 is 1.30 bits per heavy atom. The lowest BCUT2D eigenvalue weighted by Gasteiger charge is -2.19. The monoisotopic (exact) mass is 372 g/mol. The van der Waals surface area contributed by atoms with E-state index in [-0.39, 0.29) is 5.91 Å². The summed E-state index contributed by atoms with van der Waals surface area (Å²) in [5, 5.41) is 7.63. The highest BCUT2D eigenvalue weighted by molar-refractivity contribution is 5.97. The Hall–Kier alpha value is -2.54. The van der Waals surface area contributed by atoms with E-state index >= 15 is 0 Å². The van der Waals surface area contributed by atoms with Crippen LogP contribution in [0.1, 0.15) is 46.6 Å². The molecule has 1 aromatic heterocycles. The van der Waals surface area contributed by atoms with Crippen molar-refractivity contribution in [2.75, 3.05) is 27.3 Å². The van der Waals surface area contributed by atoms with Crippen LogP contribution in [0.3, 0.4) is 0 Å². The summed E-state index contributed by atoms with van der Waals surface area (Å²) in [5.74, 6) is 1.01. The molecule has 3 rings (SSSR count). The van der Waals surface area contributed by atoms with E-state index in [1.165, 1.54) is 30.5 Å². The second-order valence-electron chi connectivity index (χ2n) is 6.85. The summed E-state index contributed by atoms with van der Waals surface area (Å²) in [7, 11) is 3.37. The van der Waals surface area contributed by atoms with Crippen LogP contribution in [0.25, 0.3) is 0 Å². The van der Waals surface area contributed by atoms with Crippen molar-refractivity contribution in [3.8, 4) is 11.5 Å².